The molecule has 0 fully saturated rings. The normalized spacial score (nSPS) is 11.4. The number of sulfonamides is 1. The molecule has 0 saturated carbocycles. The standard InChI is InChI=1S/C13H22N2O4S/c1-10(2)14-7-8-20(16,17)15-12-9-11(18-3)5-6-13(12)19-4/h5-6,9-10,14-15H,7-8H2,1-4H3. The monoisotopic (exact) mass is 302 g/mol. The molecule has 2 N–H and O–H groups in total. The molecule has 0 atom stereocenters. The van der Waals surface area contributed by atoms with Crippen molar-refractivity contribution in [1.29, 1.82) is 0 Å². The smallest absolute Gasteiger partial charge is 0.234 e. The van der Waals surface area contributed by atoms with Crippen LogP contribution in [0.5, 0.6) is 11.5 Å². The van der Waals surface area contributed by atoms with Gasteiger partial charge in [0.1, 0.15) is 11.5 Å². The van der Waals surface area contributed by atoms with Crippen molar-refractivity contribution in [1.82, 2.24) is 5.32 Å². The highest BCUT2D eigenvalue weighted by Gasteiger charge is 2.14. The summed E-state index contributed by atoms with van der Waals surface area (Å²) in [5.41, 5.74) is 0.372. The average Bonchev–Trinajstić information content (AvgIpc) is 2.37. The summed E-state index contributed by atoms with van der Waals surface area (Å²) in [7, 11) is -0.429. The second kappa shape index (κ2) is 7.35. The molecular weight excluding hydrogens is 280 g/mol. The van der Waals surface area contributed by atoms with Gasteiger partial charge in [-0.15, -0.1) is 0 Å². The maximum Gasteiger partial charge on any atom is 0.234 e. The molecule has 1 aromatic carbocycles. The Morgan fingerprint density at radius 3 is 2.45 bits per heavy atom. The molecule has 0 saturated heterocycles. The molecule has 7 heteroatoms. The topological polar surface area (TPSA) is 76.7 Å². The quantitative estimate of drug-likeness (QED) is 0.760. The summed E-state index contributed by atoms with van der Waals surface area (Å²) < 4.78 is 36.7. The van der Waals surface area contributed by atoms with Crippen molar-refractivity contribution in [3.05, 3.63) is 18.2 Å². The summed E-state index contributed by atoms with van der Waals surface area (Å²) >= 11 is 0. The van der Waals surface area contributed by atoms with E-state index in [1.807, 2.05) is 13.8 Å². The van der Waals surface area contributed by atoms with Crippen LogP contribution in [0.2, 0.25) is 0 Å². The Hall–Kier alpha value is -1.47. The number of rotatable bonds is 8. The van der Waals surface area contributed by atoms with E-state index >= 15 is 0 Å². The van der Waals surface area contributed by atoms with Crippen molar-refractivity contribution >= 4 is 15.7 Å². The molecule has 0 amide bonds. The van der Waals surface area contributed by atoms with Gasteiger partial charge in [0.15, 0.2) is 0 Å². The van der Waals surface area contributed by atoms with Gasteiger partial charge in [0, 0.05) is 18.7 Å². The largest absolute Gasteiger partial charge is 0.497 e. The molecule has 0 heterocycles. The van der Waals surface area contributed by atoms with Crippen LogP contribution in [0.25, 0.3) is 0 Å². The van der Waals surface area contributed by atoms with Gasteiger partial charge in [0.25, 0.3) is 0 Å². The van der Waals surface area contributed by atoms with Gasteiger partial charge in [0.2, 0.25) is 10.0 Å². The van der Waals surface area contributed by atoms with Gasteiger partial charge in [-0.2, -0.15) is 0 Å². The lowest BCUT2D eigenvalue weighted by molar-refractivity contribution is 0.405. The van der Waals surface area contributed by atoms with Gasteiger partial charge in [-0.25, -0.2) is 8.42 Å². The predicted molar refractivity (Wildman–Crippen MR) is 80.1 cm³/mol. The Labute approximate surface area is 120 Å². The molecule has 0 bridgehead atoms. The van der Waals surface area contributed by atoms with E-state index in [2.05, 4.69) is 10.0 Å². The van der Waals surface area contributed by atoms with Crippen molar-refractivity contribution in [3.63, 3.8) is 0 Å². The van der Waals surface area contributed by atoms with E-state index < -0.39 is 10.0 Å². The lowest BCUT2D eigenvalue weighted by Gasteiger charge is -2.14. The first kappa shape index (κ1) is 16.6. The maximum atomic E-state index is 12.0. The van der Waals surface area contributed by atoms with Gasteiger partial charge >= 0.3 is 0 Å². The van der Waals surface area contributed by atoms with E-state index in [9.17, 15) is 8.42 Å². The zero-order valence-corrected chi connectivity index (χ0v) is 13.1. The number of ether oxygens (including phenoxy) is 2. The maximum absolute atomic E-state index is 12.0. The van der Waals surface area contributed by atoms with Crippen LogP contribution in [0.1, 0.15) is 13.8 Å². The van der Waals surface area contributed by atoms with E-state index in [1.54, 1.807) is 18.2 Å². The van der Waals surface area contributed by atoms with E-state index in [-0.39, 0.29) is 11.8 Å². The van der Waals surface area contributed by atoms with E-state index in [4.69, 9.17) is 9.47 Å². The molecule has 0 radical (unpaired) electrons. The van der Waals surface area contributed by atoms with Gasteiger partial charge in [-0.1, -0.05) is 13.8 Å². The lowest BCUT2D eigenvalue weighted by Crippen LogP contribution is -2.31. The SMILES string of the molecule is COc1ccc(OC)c(NS(=O)(=O)CCNC(C)C)c1. The molecule has 0 spiro atoms. The number of hydrogen-bond acceptors (Lipinski definition) is 5. The molecule has 6 nitrogen and oxygen atoms in total. The van der Waals surface area contributed by atoms with Crippen LogP contribution in [0, 0.1) is 0 Å². The minimum absolute atomic E-state index is 0.00839. The highest BCUT2D eigenvalue weighted by molar-refractivity contribution is 7.92. The first-order chi connectivity index (χ1) is 9.38. The zero-order valence-electron chi connectivity index (χ0n) is 12.3. The first-order valence-electron chi connectivity index (χ1n) is 6.34. The van der Waals surface area contributed by atoms with Crippen LogP contribution < -0.4 is 19.5 Å². The third-order valence-corrected chi connectivity index (χ3v) is 3.87. The number of methoxy groups -OCH3 is 2. The second-order valence-corrected chi connectivity index (χ2v) is 6.44. The Morgan fingerprint density at radius 1 is 1.20 bits per heavy atom. The molecule has 114 valence electrons. The van der Waals surface area contributed by atoms with Crippen LogP contribution >= 0.6 is 0 Å². The lowest BCUT2D eigenvalue weighted by atomic mass is 10.3. The fourth-order valence-electron chi connectivity index (χ4n) is 1.59. The van der Waals surface area contributed by atoms with E-state index in [0.29, 0.717) is 23.7 Å². The number of anilines is 1. The minimum Gasteiger partial charge on any atom is -0.497 e. The summed E-state index contributed by atoms with van der Waals surface area (Å²) in [6, 6.07) is 5.20. The third kappa shape index (κ3) is 5.26. The number of nitrogens with one attached hydrogen (secondary N) is 2. The molecule has 0 aromatic heterocycles. The Morgan fingerprint density at radius 2 is 1.90 bits per heavy atom. The van der Waals surface area contributed by atoms with Crippen LogP contribution in [0.3, 0.4) is 0 Å². The van der Waals surface area contributed by atoms with Crippen molar-refractivity contribution in [2.24, 2.45) is 0 Å². The van der Waals surface area contributed by atoms with Gasteiger partial charge in [-0.3, -0.25) is 4.72 Å². The third-order valence-electron chi connectivity index (χ3n) is 2.60. The van der Waals surface area contributed by atoms with Crippen molar-refractivity contribution in [2.75, 3.05) is 31.2 Å². The highest BCUT2D eigenvalue weighted by Crippen LogP contribution is 2.29. The molecule has 0 aliphatic rings. The van der Waals surface area contributed by atoms with Crippen molar-refractivity contribution in [3.8, 4) is 11.5 Å². The summed E-state index contributed by atoms with van der Waals surface area (Å²) in [6.07, 6.45) is 0. The summed E-state index contributed by atoms with van der Waals surface area (Å²) in [6.45, 7) is 4.32. The average molecular weight is 302 g/mol. The molecule has 0 unspecified atom stereocenters. The van der Waals surface area contributed by atoms with Crippen LogP contribution in [0.15, 0.2) is 18.2 Å². The van der Waals surface area contributed by atoms with Gasteiger partial charge in [0.05, 0.1) is 25.7 Å². The number of hydrogen-bond donors (Lipinski definition) is 2. The molecule has 1 aromatic rings. The fraction of sp³-hybridized carbons (Fsp3) is 0.538. The van der Waals surface area contributed by atoms with Crippen LogP contribution in [-0.4, -0.2) is 41.0 Å². The number of benzene rings is 1. The first-order valence-corrected chi connectivity index (χ1v) is 7.99. The van der Waals surface area contributed by atoms with E-state index in [0.717, 1.165) is 0 Å². The molecule has 20 heavy (non-hydrogen) atoms. The van der Waals surface area contributed by atoms with Gasteiger partial charge in [-0.05, 0) is 12.1 Å². The Kier molecular flexibility index (Phi) is 6.09. The predicted octanol–water partition coefficient (Wildman–Crippen LogP) is 1.44. The van der Waals surface area contributed by atoms with E-state index in [1.165, 1.54) is 14.2 Å². The van der Waals surface area contributed by atoms with Gasteiger partial charge < -0.3 is 14.8 Å². The molecule has 1 rings (SSSR count). The van der Waals surface area contributed by atoms with Crippen molar-refractivity contribution < 1.29 is 17.9 Å². The fourth-order valence-corrected chi connectivity index (χ4v) is 2.58. The van der Waals surface area contributed by atoms with Crippen LogP contribution in [-0.2, 0) is 10.0 Å². The molecule has 0 aliphatic heterocycles. The van der Waals surface area contributed by atoms with Crippen molar-refractivity contribution in [2.45, 2.75) is 19.9 Å². The summed E-state index contributed by atoms with van der Waals surface area (Å²) in [5.74, 6) is 1.00. The Bertz CT molecular complexity index is 529. The molecule has 0 aliphatic carbocycles. The Balaban J connectivity index is 2.80. The summed E-state index contributed by atoms with van der Waals surface area (Å²) in [4.78, 5) is 0. The second-order valence-electron chi connectivity index (χ2n) is 4.60. The minimum atomic E-state index is -3.44. The highest BCUT2D eigenvalue weighted by atomic mass is 32.2. The zero-order chi connectivity index (χ0) is 15.2. The van der Waals surface area contributed by atoms with Crippen LogP contribution in [0.4, 0.5) is 5.69 Å². The molecular formula is C13H22N2O4S. The summed E-state index contributed by atoms with van der Waals surface area (Å²) in [5, 5.41) is 3.06.